The number of amides is 1. The van der Waals surface area contributed by atoms with Gasteiger partial charge in [0.05, 0.1) is 12.3 Å². The largest absolute Gasteiger partial charge is 0.494 e. The van der Waals surface area contributed by atoms with Crippen LogP contribution in [-0.2, 0) is 6.54 Å². The van der Waals surface area contributed by atoms with Crippen molar-refractivity contribution >= 4 is 5.91 Å². The summed E-state index contributed by atoms with van der Waals surface area (Å²) in [6.07, 6.45) is 0. The SMILES string of the molecule is CCOc1ccc(-c2cc(C(=O)N(C)Cc3ccccc3)[nH]n2)cc1. The van der Waals surface area contributed by atoms with Gasteiger partial charge < -0.3 is 9.64 Å². The summed E-state index contributed by atoms with van der Waals surface area (Å²) in [5.41, 5.74) is 3.23. The van der Waals surface area contributed by atoms with Crippen molar-refractivity contribution in [2.24, 2.45) is 0 Å². The summed E-state index contributed by atoms with van der Waals surface area (Å²) in [6.45, 7) is 3.14. The fraction of sp³-hybridized carbons (Fsp3) is 0.200. The second-order valence-electron chi connectivity index (χ2n) is 5.77. The van der Waals surface area contributed by atoms with Gasteiger partial charge >= 0.3 is 0 Å². The minimum Gasteiger partial charge on any atom is -0.494 e. The van der Waals surface area contributed by atoms with Crippen LogP contribution in [-0.4, -0.2) is 34.7 Å². The van der Waals surface area contributed by atoms with Crippen LogP contribution in [0, 0.1) is 0 Å². The van der Waals surface area contributed by atoms with Crippen LogP contribution in [0.15, 0.2) is 60.7 Å². The molecule has 3 aromatic rings. The molecule has 0 saturated heterocycles. The molecule has 0 atom stereocenters. The van der Waals surface area contributed by atoms with E-state index in [9.17, 15) is 4.79 Å². The van der Waals surface area contributed by atoms with Crippen LogP contribution in [0.1, 0.15) is 23.0 Å². The molecule has 2 aromatic carbocycles. The molecule has 1 amide bonds. The Morgan fingerprint density at radius 1 is 1.12 bits per heavy atom. The third-order valence-electron chi connectivity index (χ3n) is 3.88. The molecule has 0 fully saturated rings. The topological polar surface area (TPSA) is 58.2 Å². The zero-order valence-corrected chi connectivity index (χ0v) is 14.4. The van der Waals surface area contributed by atoms with Gasteiger partial charge in [-0.3, -0.25) is 9.89 Å². The first kappa shape index (κ1) is 16.8. The summed E-state index contributed by atoms with van der Waals surface area (Å²) in [5.74, 6) is 0.731. The molecule has 25 heavy (non-hydrogen) atoms. The fourth-order valence-corrected chi connectivity index (χ4v) is 2.60. The molecule has 0 unspecified atom stereocenters. The number of ether oxygens (including phenoxy) is 1. The Balaban J connectivity index is 1.70. The van der Waals surface area contributed by atoms with E-state index >= 15 is 0 Å². The third kappa shape index (κ3) is 4.07. The van der Waals surface area contributed by atoms with Crippen molar-refractivity contribution in [1.82, 2.24) is 15.1 Å². The predicted molar refractivity (Wildman–Crippen MR) is 97.4 cm³/mol. The van der Waals surface area contributed by atoms with E-state index in [1.807, 2.05) is 61.5 Å². The quantitative estimate of drug-likeness (QED) is 0.746. The van der Waals surface area contributed by atoms with Crippen molar-refractivity contribution in [3.63, 3.8) is 0 Å². The zero-order chi connectivity index (χ0) is 17.6. The summed E-state index contributed by atoms with van der Waals surface area (Å²) < 4.78 is 5.44. The van der Waals surface area contributed by atoms with E-state index in [2.05, 4.69) is 10.2 Å². The summed E-state index contributed by atoms with van der Waals surface area (Å²) in [7, 11) is 1.78. The van der Waals surface area contributed by atoms with Crippen LogP contribution in [0.2, 0.25) is 0 Å². The van der Waals surface area contributed by atoms with Crippen molar-refractivity contribution in [3.8, 4) is 17.0 Å². The van der Waals surface area contributed by atoms with Crippen LogP contribution < -0.4 is 4.74 Å². The summed E-state index contributed by atoms with van der Waals surface area (Å²) in [5, 5.41) is 7.10. The van der Waals surface area contributed by atoms with Gasteiger partial charge in [0, 0.05) is 19.2 Å². The van der Waals surface area contributed by atoms with Crippen molar-refractivity contribution in [2.75, 3.05) is 13.7 Å². The minimum atomic E-state index is -0.0893. The average Bonchev–Trinajstić information content (AvgIpc) is 3.13. The summed E-state index contributed by atoms with van der Waals surface area (Å²) >= 11 is 0. The summed E-state index contributed by atoms with van der Waals surface area (Å²) in [4.78, 5) is 14.2. The van der Waals surface area contributed by atoms with Gasteiger partial charge in [-0.15, -0.1) is 0 Å². The van der Waals surface area contributed by atoms with E-state index in [0.717, 1.165) is 22.6 Å². The Morgan fingerprint density at radius 3 is 2.52 bits per heavy atom. The van der Waals surface area contributed by atoms with E-state index in [0.29, 0.717) is 18.8 Å². The Labute approximate surface area is 147 Å². The van der Waals surface area contributed by atoms with Crippen LogP contribution in [0.4, 0.5) is 0 Å². The lowest BCUT2D eigenvalue weighted by atomic mass is 10.1. The molecule has 0 radical (unpaired) electrons. The number of hydrogen-bond acceptors (Lipinski definition) is 3. The maximum atomic E-state index is 12.6. The zero-order valence-electron chi connectivity index (χ0n) is 14.4. The number of aromatic nitrogens is 2. The maximum absolute atomic E-state index is 12.6. The Hall–Kier alpha value is -3.08. The van der Waals surface area contributed by atoms with Gasteiger partial charge in [-0.05, 0) is 42.8 Å². The molecule has 0 aliphatic carbocycles. The monoisotopic (exact) mass is 335 g/mol. The maximum Gasteiger partial charge on any atom is 0.271 e. The smallest absolute Gasteiger partial charge is 0.271 e. The third-order valence-corrected chi connectivity index (χ3v) is 3.88. The molecule has 0 bridgehead atoms. The van der Waals surface area contributed by atoms with Gasteiger partial charge in [-0.2, -0.15) is 5.10 Å². The lowest BCUT2D eigenvalue weighted by Gasteiger charge is -2.16. The van der Waals surface area contributed by atoms with Gasteiger partial charge in [-0.1, -0.05) is 30.3 Å². The van der Waals surface area contributed by atoms with Crippen molar-refractivity contribution in [1.29, 1.82) is 0 Å². The molecule has 128 valence electrons. The van der Waals surface area contributed by atoms with Crippen LogP contribution >= 0.6 is 0 Å². The number of carbonyl (C=O) groups is 1. The summed E-state index contributed by atoms with van der Waals surface area (Å²) in [6, 6.07) is 19.3. The highest BCUT2D eigenvalue weighted by atomic mass is 16.5. The van der Waals surface area contributed by atoms with Gasteiger partial charge in [-0.25, -0.2) is 0 Å². The lowest BCUT2D eigenvalue weighted by molar-refractivity contribution is 0.0779. The first-order valence-electron chi connectivity index (χ1n) is 8.25. The first-order valence-corrected chi connectivity index (χ1v) is 8.25. The molecule has 1 aromatic heterocycles. The Kier molecular flexibility index (Phi) is 5.14. The molecule has 0 spiro atoms. The minimum absolute atomic E-state index is 0.0893. The first-order chi connectivity index (χ1) is 12.2. The van der Waals surface area contributed by atoms with Gasteiger partial charge in [0.1, 0.15) is 11.4 Å². The molecular formula is C20H21N3O2. The highest BCUT2D eigenvalue weighted by Crippen LogP contribution is 2.22. The lowest BCUT2D eigenvalue weighted by Crippen LogP contribution is -2.26. The van der Waals surface area contributed by atoms with Crippen LogP contribution in [0.3, 0.4) is 0 Å². The van der Waals surface area contributed by atoms with E-state index in [1.165, 1.54) is 0 Å². The van der Waals surface area contributed by atoms with Gasteiger partial charge in [0.25, 0.3) is 5.91 Å². The molecule has 1 N–H and O–H groups in total. The molecule has 0 aliphatic heterocycles. The second kappa shape index (κ2) is 7.66. The van der Waals surface area contributed by atoms with Crippen LogP contribution in [0.5, 0.6) is 5.75 Å². The standard InChI is InChI=1S/C20H21N3O2/c1-3-25-17-11-9-16(10-12-17)18-13-19(22-21-18)20(24)23(2)14-15-7-5-4-6-8-15/h4-13H,3,14H2,1-2H3,(H,21,22). The molecule has 5 heteroatoms. The van der Waals surface area contributed by atoms with Crippen molar-refractivity contribution in [3.05, 3.63) is 71.9 Å². The predicted octanol–water partition coefficient (Wildman–Crippen LogP) is 3.75. The van der Waals surface area contributed by atoms with Crippen molar-refractivity contribution in [2.45, 2.75) is 13.5 Å². The van der Waals surface area contributed by atoms with Crippen molar-refractivity contribution < 1.29 is 9.53 Å². The molecule has 3 rings (SSSR count). The Morgan fingerprint density at radius 2 is 1.84 bits per heavy atom. The highest BCUT2D eigenvalue weighted by molar-refractivity contribution is 5.93. The van der Waals surface area contributed by atoms with E-state index < -0.39 is 0 Å². The normalized spacial score (nSPS) is 10.5. The molecular weight excluding hydrogens is 314 g/mol. The number of aromatic amines is 1. The van der Waals surface area contributed by atoms with Crippen LogP contribution in [0.25, 0.3) is 11.3 Å². The number of nitrogens with one attached hydrogen (secondary N) is 1. The van der Waals surface area contributed by atoms with E-state index in [4.69, 9.17) is 4.74 Å². The fourth-order valence-electron chi connectivity index (χ4n) is 2.60. The second-order valence-corrected chi connectivity index (χ2v) is 5.77. The van der Waals surface area contributed by atoms with E-state index in [-0.39, 0.29) is 5.91 Å². The molecule has 1 heterocycles. The number of benzene rings is 2. The molecule has 0 aliphatic rings. The Bertz CT molecular complexity index is 826. The number of carbonyl (C=O) groups excluding carboxylic acids is 1. The van der Waals surface area contributed by atoms with E-state index in [1.54, 1.807) is 18.0 Å². The highest BCUT2D eigenvalue weighted by Gasteiger charge is 2.15. The number of nitrogens with zero attached hydrogens (tertiary/aromatic N) is 2. The van der Waals surface area contributed by atoms with Gasteiger partial charge in [0.2, 0.25) is 0 Å². The number of rotatable bonds is 6. The van der Waals surface area contributed by atoms with Gasteiger partial charge in [0.15, 0.2) is 0 Å². The molecule has 0 saturated carbocycles. The number of hydrogen-bond donors (Lipinski definition) is 1. The molecule has 5 nitrogen and oxygen atoms in total. The average molecular weight is 335 g/mol. The number of H-pyrrole nitrogens is 1.